The van der Waals surface area contributed by atoms with Gasteiger partial charge in [-0.1, -0.05) is 0 Å². The van der Waals surface area contributed by atoms with Crippen LogP contribution in [0.2, 0.25) is 0 Å². The lowest BCUT2D eigenvalue weighted by atomic mass is 9.95. The third kappa shape index (κ3) is 3.70. The molecule has 0 bridgehead atoms. The summed E-state index contributed by atoms with van der Waals surface area (Å²) >= 11 is 0. The Balaban J connectivity index is 2.07. The molecule has 0 unspecified atom stereocenters. The van der Waals surface area contributed by atoms with Crippen LogP contribution in [0.3, 0.4) is 0 Å². The Morgan fingerprint density at radius 2 is 2.00 bits per heavy atom. The molecule has 1 saturated heterocycles. The molecule has 0 spiro atoms. The number of rotatable bonds is 4. The zero-order chi connectivity index (χ0) is 14.7. The van der Waals surface area contributed by atoms with Crippen LogP contribution in [0.15, 0.2) is 18.2 Å². The Morgan fingerprint density at radius 1 is 1.35 bits per heavy atom. The molecule has 1 aliphatic heterocycles. The predicted octanol–water partition coefficient (Wildman–Crippen LogP) is 2.66. The van der Waals surface area contributed by atoms with Crippen molar-refractivity contribution in [1.29, 1.82) is 0 Å². The summed E-state index contributed by atoms with van der Waals surface area (Å²) < 4.78 is 13.3. The summed E-state index contributed by atoms with van der Waals surface area (Å²) in [4.78, 5) is 4.51. The van der Waals surface area contributed by atoms with Gasteiger partial charge >= 0.3 is 0 Å². The maximum Gasteiger partial charge on any atom is 0.123 e. The van der Waals surface area contributed by atoms with Crippen molar-refractivity contribution in [1.82, 2.24) is 4.90 Å². The van der Waals surface area contributed by atoms with Crippen LogP contribution < -0.4 is 4.90 Å². The predicted molar refractivity (Wildman–Crippen MR) is 80.5 cm³/mol. The van der Waals surface area contributed by atoms with Gasteiger partial charge < -0.3 is 14.9 Å². The van der Waals surface area contributed by atoms with Crippen molar-refractivity contribution in [2.45, 2.75) is 25.9 Å². The number of hydrogen-bond acceptors (Lipinski definition) is 3. The molecule has 20 heavy (non-hydrogen) atoms. The quantitative estimate of drug-likeness (QED) is 0.918. The molecule has 0 radical (unpaired) electrons. The number of aliphatic hydroxyl groups is 1. The molecule has 1 heterocycles. The summed E-state index contributed by atoms with van der Waals surface area (Å²) in [7, 11) is 4.22. The second-order valence-corrected chi connectivity index (χ2v) is 6.07. The van der Waals surface area contributed by atoms with Gasteiger partial charge in [0.25, 0.3) is 0 Å². The van der Waals surface area contributed by atoms with Gasteiger partial charge in [-0.05, 0) is 58.0 Å². The topological polar surface area (TPSA) is 26.7 Å². The standard InChI is InChI=1S/C16H25FN2O/c1-12(20)15-10-14(17)4-5-16(15)19-8-6-13(7-9-19)11-18(2)3/h4-5,10,12-13,20H,6-9,11H2,1-3H3/t12-/m1/s1. The Bertz CT molecular complexity index is 440. The Kier molecular flexibility index (Phi) is 5.00. The molecule has 1 atom stereocenters. The number of halogens is 1. The van der Waals surface area contributed by atoms with E-state index in [-0.39, 0.29) is 5.82 Å². The Labute approximate surface area is 121 Å². The lowest BCUT2D eigenvalue weighted by Crippen LogP contribution is -2.37. The van der Waals surface area contributed by atoms with E-state index < -0.39 is 6.10 Å². The van der Waals surface area contributed by atoms with Gasteiger partial charge in [-0.25, -0.2) is 4.39 Å². The van der Waals surface area contributed by atoms with Crippen LogP contribution in [-0.4, -0.2) is 43.7 Å². The van der Waals surface area contributed by atoms with Gasteiger partial charge in [0.1, 0.15) is 5.82 Å². The highest BCUT2D eigenvalue weighted by molar-refractivity contribution is 5.55. The first-order valence-corrected chi connectivity index (χ1v) is 7.34. The number of hydrogen-bond donors (Lipinski definition) is 1. The summed E-state index contributed by atoms with van der Waals surface area (Å²) in [6, 6.07) is 4.72. The number of nitrogens with zero attached hydrogens (tertiary/aromatic N) is 2. The van der Waals surface area contributed by atoms with E-state index in [2.05, 4.69) is 23.9 Å². The SMILES string of the molecule is C[C@@H](O)c1cc(F)ccc1N1CCC(CN(C)C)CC1. The van der Waals surface area contributed by atoms with E-state index in [4.69, 9.17) is 0 Å². The average Bonchev–Trinajstić information content (AvgIpc) is 2.39. The molecule has 112 valence electrons. The van der Waals surface area contributed by atoms with Crippen LogP contribution in [0.1, 0.15) is 31.4 Å². The zero-order valence-electron chi connectivity index (χ0n) is 12.6. The number of benzene rings is 1. The summed E-state index contributed by atoms with van der Waals surface area (Å²) in [5, 5.41) is 9.83. The number of aliphatic hydroxyl groups excluding tert-OH is 1. The van der Waals surface area contributed by atoms with Crippen molar-refractivity contribution in [3.05, 3.63) is 29.6 Å². The lowest BCUT2D eigenvalue weighted by Gasteiger charge is -2.36. The molecule has 1 fully saturated rings. The van der Waals surface area contributed by atoms with Crippen LogP contribution in [0, 0.1) is 11.7 Å². The molecule has 0 aliphatic carbocycles. The summed E-state index contributed by atoms with van der Waals surface area (Å²) in [5.41, 5.74) is 1.67. The van der Waals surface area contributed by atoms with Crippen molar-refractivity contribution >= 4 is 5.69 Å². The van der Waals surface area contributed by atoms with Crippen molar-refractivity contribution < 1.29 is 9.50 Å². The van der Waals surface area contributed by atoms with E-state index >= 15 is 0 Å². The van der Waals surface area contributed by atoms with Crippen LogP contribution in [0.5, 0.6) is 0 Å². The average molecular weight is 280 g/mol. The molecule has 1 aromatic rings. The third-order valence-electron chi connectivity index (χ3n) is 4.02. The first-order valence-electron chi connectivity index (χ1n) is 7.34. The molecule has 0 saturated carbocycles. The van der Waals surface area contributed by atoms with E-state index in [1.54, 1.807) is 13.0 Å². The van der Waals surface area contributed by atoms with Gasteiger partial charge in [0.05, 0.1) is 6.10 Å². The highest BCUT2D eigenvalue weighted by Crippen LogP contribution is 2.30. The molecule has 1 aromatic carbocycles. The van der Waals surface area contributed by atoms with Crippen molar-refractivity contribution in [2.75, 3.05) is 38.6 Å². The largest absolute Gasteiger partial charge is 0.389 e. The summed E-state index contributed by atoms with van der Waals surface area (Å²) in [5.74, 6) is 0.448. The van der Waals surface area contributed by atoms with Gasteiger partial charge in [0.15, 0.2) is 0 Å². The Morgan fingerprint density at radius 3 is 2.55 bits per heavy atom. The normalized spacial score (nSPS) is 18.6. The van der Waals surface area contributed by atoms with Gasteiger partial charge in [-0.15, -0.1) is 0 Å². The first-order chi connectivity index (χ1) is 9.47. The molecule has 0 aromatic heterocycles. The summed E-state index contributed by atoms with van der Waals surface area (Å²) in [6.07, 6.45) is 1.66. The lowest BCUT2D eigenvalue weighted by molar-refractivity contribution is 0.199. The fourth-order valence-corrected chi connectivity index (χ4v) is 3.02. The van der Waals surface area contributed by atoms with E-state index in [9.17, 15) is 9.50 Å². The van der Waals surface area contributed by atoms with E-state index in [1.165, 1.54) is 12.1 Å². The zero-order valence-corrected chi connectivity index (χ0v) is 12.6. The smallest absolute Gasteiger partial charge is 0.123 e. The van der Waals surface area contributed by atoms with E-state index in [1.807, 2.05) is 0 Å². The number of anilines is 1. The number of piperidine rings is 1. The van der Waals surface area contributed by atoms with Crippen LogP contribution in [0.25, 0.3) is 0 Å². The van der Waals surface area contributed by atoms with E-state index in [0.717, 1.165) is 44.1 Å². The monoisotopic (exact) mass is 280 g/mol. The molecule has 0 amide bonds. The molecule has 1 aliphatic rings. The second kappa shape index (κ2) is 6.55. The minimum absolute atomic E-state index is 0.285. The van der Waals surface area contributed by atoms with Crippen molar-refractivity contribution in [2.24, 2.45) is 5.92 Å². The van der Waals surface area contributed by atoms with Crippen molar-refractivity contribution in [3.8, 4) is 0 Å². The van der Waals surface area contributed by atoms with E-state index in [0.29, 0.717) is 5.56 Å². The minimum Gasteiger partial charge on any atom is -0.389 e. The summed E-state index contributed by atoms with van der Waals surface area (Å²) in [6.45, 7) is 4.77. The third-order valence-corrected chi connectivity index (χ3v) is 4.02. The molecular weight excluding hydrogens is 255 g/mol. The molecule has 2 rings (SSSR count). The van der Waals surface area contributed by atoms with Crippen LogP contribution >= 0.6 is 0 Å². The fraction of sp³-hybridized carbons (Fsp3) is 0.625. The molecule has 4 heteroatoms. The highest BCUT2D eigenvalue weighted by atomic mass is 19.1. The highest BCUT2D eigenvalue weighted by Gasteiger charge is 2.22. The maximum absolute atomic E-state index is 13.3. The second-order valence-electron chi connectivity index (χ2n) is 6.07. The molecule has 3 nitrogen and oxygen atoms in total. The Hall–Kier alpha value is -1.13. The van der Waals surface area contributed by atoms with Crippen LogP contribution in [-0.2, 0) is 0 Å². The maximum atomic E-state index is 13.3. The fourth-order valence-electron chi connectivity index (χ4n) is 3.02. The first kappa shape index (κ1) is 15.3. The van der Waals surface area contributed by atoms with Gasteiger partial charge in [0, 0.05) is 30.9 Å². The molecule has 1 N–H and O–H groups in total. The van der Waals surface area contributed by atoms with Gasteiger partial charge in [0.2, 0.25) is 0 Å². The molecular formula is C16H25FN2O. The van der Waals surface area contributed by atoms with Gasteiger partial charge in [-0.3, -0.25) is 0 Å². The van der Waals surface area contributed by atoms with Gasteiger partial charge in [-0.2, -0.15) is 0 Å². The van der Waals surface area contributed by atoms with Crippen molar-refractivity contribution in [3.63, 3.8) is 0 Å². The minimum atomic E-state index is -0.639. The van der Waals surface area contributed by atoms with Crippen LogP contribution in [0.4, 0.5) is 10.1 Å².